The van der Waals surface area contributed by atoms with Crippen LogP contribution in [0.2, 0.25) is 0 Å². The van der Waals surface area contributed by atoms with Gasteiger partial charge in [-0.05, 0) is 42.0 Å². The number of nitrogens with one attached hydrogen (secondary N) is 2. The van der Waals surface area contributed by atoms with Gasteiger partial charge in [-0.2, -0.15) is 0 Å². The van der Waals surface area contributed by atoms with Crippen LogP contribution in [0.3, 0.4) is 0 Å². The standard InChI is InChI=1S/C19H17F3N2O5/c1-12(25)23-14-4-2-13(3-5-14)10-18(27)28-11-17(26)24-15-6-8-16(9-7-15)29-19(20,21)22/h2-9H,10-11H2,1H3,(H,23,25)(H,24,26). The van der Waals surface area contributed by atoms with Gasteiger partial charge in [0.2, 0.25) is 5.91 Å². The highest BCUT2D eigenvalue weighted by Crippen LogP contribution is 2.23. The Balaban J connectivity index is 1.77. The van der Waals surface area contributed by atoms with Crippen molar-refractivity contribution in [2.24, 2.45) is 0 Å². The minimum atomic E-state index is -4.80. The molecule has 0 aliphatic carbocycles. The second kappa shape index (κ2) is 9.58. The summed E-state index contributed by atoms with van der Waals surface area (Å²) < 4.78 is 44.9. The monoisotopic (exact) mass is 410 g/mol. The van der Waals surface area contributed by atoms with Crippen LogP contribution in [0.1, 0.15) is 12.5 Å². The van der Waals surface area contributed by atoms with Crippen molar-refractivity contribution in [3.05, 3.63) is 54.1 Å². The molecule has 0 saturated heterocycles. The van der Waals surface area contributed by atoms with Crippen molar-refractivity contribution in [3.8, 4) is 5.75 Å². The summed E-state index contributed by atoms with van der Waals surface area (Å²) in [6.07, 6.45) is -4.87. The molecule has 0 radical (unpaired) electrons. The highest BCUT2D eigenvalue weighted by atomic mass is 19.4. The van der Waals surface area contributed by atoms with Crippen LogP contribution in [0.25, 0.3) is 0 Å². The number of halogens is 3. The molecule has 0 atom stereocenters. The van der Waals surface area contributed by atoms with E-state index in [9.17, 15) is 27.6 Å². The molecule has 0 saturated carbocycles. The normalized spacial score (nSPS) is 10.8. The molecule has 2 amide bonds. The van der Waals surface area contributed by atoms with Gasteiger partial charge in [-0.1, -0.05) is 12.1 Å². The second-order valence-electron chi connectivity index (χ2n) is 5.84. The van der Waals surface area contributed by atoms with Crippen LogP contribution >= 0.6 is 0 Å². The molecule has 2 rings (SSSR count). The molecule has 2 aromatic carbocycles. The molecule has 0 unspecified atom stereocenters. The fraction of sp³-hybridized carbons (Fsp3) is 0.211. The van der Waals surface area contributed by atoms with E-state index < -0.39 is 30.6 Å². The first-order valence-corrected chi connectivity index (χ1v) is 8.28. The lowest BCUT2D eigenvalue weighted by molar-refractivity contribution is -0.274. The molecule has 154 valence electrons. The van der Waals surface area contributed by atoms with Crippen LogP contribution in [-0.4, -0.2) is 30.8 Å². The smallest absolute Gasteiger partial charge is 0.455 e. The molecule has 2 N–H and O–H groups in total. The Morgan fingerprint density at radius 1 is 0.897 bits per heavy atom. The van der Waals surface area contributed by atoms with E-state index in [0.717, 1.165) is 12.1 Å². The minimum Gasteiger partial charge on any atom is -0.455 e. The van der Waals surface area contributed by atoms with Crippen LogP contribution in [0, 0.1) is 0 Å². The maximum Gasteiger partial charge on any atom is 0.573 e. The van der Waals surface area contributed by atoms with Gasteiger partial charge in [0.25, 0.3) is 5.91 Å². The van der Waals surface area contributed by atoms with Gasteiger partial charge < -0.3 is 20.1 Å². The summed E-state index contributed by atoms with van der Waals surface area (Å²) in [5.74, 6) is -1.93. The van der Waals surface area contributed by atoms with E-state index in [4.69, 9.17) is 4.74 Å². The number of benzene rings is 2. The van der Waals surface area contributed by atoms with E-state index in [2.05, 4.69) is 15.4 Å². The van der Waals surface area contributed by atoms with Crippen molar-refractivity contribution in [3.63, 3.8) is 0 Å². The van der Waals surface area contributed by atoms with Gasteiger partial charge in [0.15, 0.2) is 6.61 Å². The largest absolute Gasteiger partial charge is 0.573 e. The molecule has 29 heavy (non-hydrogen) atoms. The lowest BCUT2D eigenvalue weighted by atomic mass is 10.1. The molecule has 7 nitrogen and oxygen atoms in total. The van der Waals surface area contributed by atoms with Gasteiger partial charge in [-0.3, -0.25) is 14.4 Å². The van der Waals surface area contributed by atoms with Crippen molar-refractivity contribution >= 4 is 29.2 Å². The Bertz CT molecular complexity index is 865. The summed E-state index contributed by atoms with van der Waals surface area (Å²) >= 11 is 0. The molecule has 10 heteroatoms. The lowest BCUT2D eigenvalue weighted by Gasteiger charge is -2.10. The van der Waals surface area contributed by atoms with Gasteiger partial charge in [-0.15, -0.1) is 13.2 Å². The van der Waals surface area contributed by atoms with Crippen LogP contribution < -0.4 is 15.4 Å². The Labute approximate surface area is 163 Å². The topological polar surface area (TPSA) is 93.7 Å². The van der Waals surface area contributed by atoms with E-state index in [-0.39, 0.29) is 18.0 Å². The fourth-order valence-corrected chi connectivity index (χ4v) is 2.21. The number of amides is 2. The fourth-order valence-electron chi connectivity index (χ4n) is 2.21. The average molecular weight is 410 g/mol. The second-order valence-corrected chi connectivity index (χ2v) is 5.84. The zero-order valence-electron chi connectivity index (χ0n) is 15.2. The number of ether oxygens (including phenoxy) is 2. The van der Waals surface area contributed by atoms with Crippen molar-refractivity contribution in [1.82, 2.24) is 0 Å². The van der Waals surface area contributed by atoms with Gasteiger partial charge in [0.05, 0.1) is 6.42 Å². The van der Waals surface area contributed by atoms with E-state index in [1.807, 2.05) is 0 Å². The Kier molecular flexibility index (Phi) is 7.18. The zero-order chi connectivity index (χ0) is 21.4. The summed E-state index contributed by atoms with van der Waals surface area (Å²) in [6.45, 7) is 0.824. The van der Waals surface area contributed by atoms with Crippen molar-refractivity contribution in [2.75, 3.05) is 17.2 Å². The molecule has 0 aliphatic heterocycles. The third-order valence-electron chi connectivity index (χ3n) is 3.36. The predicted molar refractivity (Wildman–Crippen MR) is 97.2 cm³/mol. The van der Waals surface area contributed by atoms with Crippen LogP contribution in [-0.2, 0) is 25.5 Å². The first-order chi connectivity index (χ1) is 13.6. The van der Waals surface area contributed by atoms with E-state index >= 15 is 0 Å². The maximum atomic E-state index is 12.1. The Morgan fingerprint density at radius 2 is 1.45 bits per heavy atom. The molecule has 2 aromatic rings. The maximum absolute atomic E-state index is 12.1. The number of carbonyl (C=O) groups excluding carboxylic acids is 3. The van der Waals surface area contributed by atoms with E-state index in [1.54, 1.807) is 24.3 Å². The quantitative estimate of drug-likeness (QED) is 0.684. The van der Waals surface area contributed by atoms with Crippen LogP contribution in [0.5, 0.6) is 5.75 Å². The number of alkyl halides is 3. The minimum absolute atomic E-state index is 0.0723. The summed E-state index contributed by atoms with van der Waals surface area (Å²) in [6, 6.07) is 11.1. The van der Waals surface area contributed by atoms with E-state index in [1.165, 1.54) is 19.1 Å². The molecule has 0 spiro atoms. The summed E-state index contributed by atoms with van der Waals surface area (Å²) in [5, 5.41) is 4.98. The Hall–Kier alpha value is -3.56. The van der Waals surface area contributed by atoms with Gasteiger partial charge in [0, 0.05) is 18.3 Å². The lowest BCUT2D eigenvalue weighted by Crippen LogP contribution is -2.21. The first-order valence-electron chi connectivity index (χ1n) is 8.28. The van der Waals surface area contributed by atoms with Crippen LogP contribution in [0.4, 0.5) is 24.5 Å². The number of hydrogen-bond acceptors (Lipinski definition) is 5. The molecular weight excluding hydrogens is 393 g/mol. The number of carbonyl (C=O) groups is 3. The van der Waals surface area contributed by atoms with Crippen LogP contribution in [0.15, 0.2) is 48.5 Å². The number of rotatable bonds is 7. The van der Waals surface area contributed by atoms with Gasteiger partial charge in [0.1, 0.15) is 5.75 Å². The third kappa shape index (κ3) is 8.33. The number of anilines is 2. The molecular formula is C19H17F3N2O5. The molecule has 0 bridgehead atoms. The van der Waals surface area contributed by atoms with Crippen molar-refractivity contribution < 1.29 is 37.0 Å². The third-order valence-corrected chi connectivity index (χ3v) is 3.36. The van der Waals surface area contributed by atoms with Gasteiger partial charge >= 0.3 is 12.3 Å². The first kappa shape index (κ1) is 21.7. The highest BCUT2D eigenvalue weighted by molar-refractivity contribution is 5.93. The summed E-state index contributed by atoms with van der Waals surface area (Å²) in [7, 11) is 0. The summed E-state index contributed by atoms with van der Waals surface area (Å²) in [5.41, 5.74) is 1.43. The van der Waals surface area contributed by atoms with Crippen molar-refractivity contribution in [2.45, 2.75) is 19.7 Å². The Morgan fingerprint density at radius 3 is 2.00 bits per heavy atom. The molecule has 0 heterocycles. The summed E-state index contributed by atoms with van der Waals surface area (Å²) in [4.78, 5) is 34.6. The molecule has 0 fully saturated rings. The predicted octanol–water partition coefficient (Wildman–Crippen LogP) is 3.27. The SMILES string of the molecule is CC(=O)Nc1ccc(CC(=O)OCC(=O)Nc2ccc(OC(F)(F)F)cc2)cc1. The highest BCUT2D eigenvalue weighted by Gasteiger charge is 2.30. The van der Waals surface area contributed by atoms with Gasteiger partial charge in [-0.25, -0.2) is 0 Å². The average Bonchev–Trinajstić information content (AvgIpc) is 2.62. The molecule has 0 aromatic heterocycles. The number of hydrogen-bond donors (Lipinski definition) is 2. The number of esters is 1. The van der Waals surface area contributed by atoms with E-state index in [0.29, 0.717) is 11.3 Å². The zero-order valence-corrected chi connectivity index (χ0v) is 15.2. The molecule has 0 aliphatic rings. The van der Waals surface area contributed by atoms with Crippen molar-refractivity contribution in [1.29, 1.82) is 0 Å².